The Morgan fingerprint density at radius 2 is 1.58 bits per heavy atom. The van der Waals surface area contributed by atoms with Crippen molar-refractivity contribution in [3.8, 4) is 0 Å². The average molecular weight is 271 g/mol. The maximum atomic E-state index is 10.3. The highest BCUT2D eigenvalue weighted by Crippen LogP contribution is 2.27. The fraction of sp³-hybridized carbons (Fsp3) is 0.538. The Balaban J connectivity index is 2.86. The third-order valence-corrected chi connectivity index (χ3v) is 2.77. The van der Waals surface area contributed by atoms with E-state index in [9.17, 15) is 5.11 Å². The molecule has 1 atom stereocenters. The molecule has 1 rings (SSSR count). The van der Waals surface area contributed by atoms with Gasteiger partial charge in [-0.05, 0) is 44.9 Å². The van der Waals surface area contributed by atoms with Gasteiger partial charge in [-0.15, -0.1) is 0 Å². The predicted octanol–water partition coefficient (Wildman–Crippen LogP) is 1.42. The van der Waals surface area contributed by atoms with E-state index in [2.05, 4.69) is 5.32 Å². The van der Waals surface area contributed by atoms with Gasteiger partial charge in [0.2, 0.25) is 0 Å². The summed E-state index contributed by atoms with van der Waals surface area (Å²) in [6.07, 6.45) is -0.0428. The number of aliphatic hydroxyl groups is 1. The highest BCUT2D eigenvalue weighted by Gasteiger charge is 2.32. The summed E-state index contributed by atoms with van der Waals surface area (Å²) < 4.78 is 0. The van der Waals surface area contributed by atoms with Crippen LogP contribution < -0.4 is 5.32 Å². The van der Waals surface area contributed by atoms with Gasteiger partial charge in [0.25, 0.3) is 0 Å². The minimum Gasteiger partial charge on any atom is -0.395 e. The lowest BCUT2D eigenvalue weighted by atomic mass is 9.53. The normalized spacial score (nSPS) is 16.1. The fourth-order valence-electron chi connectivity index (χ4n) is 2.03. The lowest BCUT2D eigenvalue weighted by Gasteiger charge is -2.41. The summed E-state index contributed by atoms with van der Waals surface area (Å²) in [6, 6.07) is 6.60. The molecule has 6 heteroatoms. The molecule has 0 aliphatic carbocycles. The minimum atomic E-state index is -1.63. The summed E-state index contributed by atoms with van der Waals surface area (Å²) in [5, 5.41) is 12.6. The van der Waals surface area contributed by atoms with Gasteiger partial charge < -0.3 is 10.4 Å². The predicted molar refractivity (Wildman–Crippen MR) is 82.8 cm³/mol. The van der Waals surface area contributed by atoms with Crippen molar-refractivity contribution < 1.29 is 5.11 Å². The molecular formula is C13H17B3ClNO. The molecule has 2 nitrogen and oxygen atoms in total. The molecule has 0 saturated carbocycles. The quantitative estimate of drug-likeness (QED) is 0.812. The van der Waals surface area contributed by atoms with Crippen LogP contribution in [0.25, 0.3) is 0 Å². The third kappa shape index (κ3) is 5.64. The monoisotopic (exact) mass is 271 g/mol. The van der Waals surface area contributed by atoms with E-state index in [1.807, 2.05) is 20.8 Å². The largest absolute Gasteiger partial charge is 0.395 e. The third-order valence-electron chi connectivity index (χ3n) is 2.51. The van der Waals surface area contributed by atoms with E-state index in [1.165, 1.54) is 0 Å². The second kappa shape index (κ2) is 5.55. The Bertz CT molecular complexity index is 427. The Labute approximate surface area is 124 Å². The topological polar surface area (TPSA) is 32.3 Å². The highest BCUT2D eigenvalue weighted by atomic mass is 35.5. The van der Waals surface area contributed by atoms with Crippen LogP contribution in [0, 0.1) is 0 Å². The molecule has 0 saturated heterocycles. The lowest BCUT2D eigenvalue weighted by Crippen LogP contribution is -2.58. The Morgan fingerprint density at radius 3 is 2.00 bits per heavy atom. The number of benzene rings is 1. The summed E-state index contributed by atoms with van der Waals surface area (Å²) >= 11 is 5.80. The van der Waals surface area contributed by atoms with E-state index in [4.69, 9.17) is 35.1 Å². The molecule has 96 valence electrons. The number of halogens is 1. The second-order valence-corrected chi connectivity index (χ2v) is 6.46. The van der Waals surface area contributed by atoms with Gasteiger partial charge in [-0.3, -0.25) is 0 Å². The maximum absolute atomic E-state index is 10.3. The minimum absolute atomic E-state index is 0.0428. The Hall–Kier alpha value is -0.375. The van der Waals surface area contributed by atoms with Crippen molar-refractivity contribution in [2.75, 3.05) is 0 Å². The molecule has 1 aromatic carbocycles. The van der Waals surface area contributed by atoms with Crippen molar-refractivity contribution >= 4 is 35.1 Å². The molecule has 0 amide bonds. The number of rotatable bonds is 4. The van der Waals surface area contributed by atoms with Crippen LogP contribution in [-0.2, 0) is 5.50 Å². The van der Waals surface area contributed by atoms with Crippen molar-refractivity contribution in [2.24, 2.45) is 0 Å². The standard InChI is InChI=1S/C13H17B3ClNO/c1-11(2,3)18-13(15,16)8-12(14,19)9-4-6-10(17)7-5-9/h4-7,18-19H,8H2,1-3H3. The zero-order valence-corrected chi connectivity index (χ0v) is 12.3. The van der Waals surface area contributed by atoms with Crippen LogP contribution in [0.5, 0.6) is 0 Å². The van der Waals surface area contributed by atoms with Gasteiger partial charge in [0.15, 0.2) is 0 Å². The van der Waals surface area contributed by atoms with Gasteiger partial charge in [-0.25, -0.2) is 0 Å². The zero-order valence-electron chi connectivity index (χ0n) is 11.6. The number of hydrogen-bond donors (Lipinski definition) is 2. The summed E-state index contributed by atoms with van der Waals surface area (Å²) in [7, 11) is 17.8. The van der Waals surface area contributed by atoms with Gasteiger partial charge in [0.1, 0.15) is 7.85 Å². The van der Waals surface area contributed by atoms with Crippen LogP contribution in [0.3, 0.4) is 0 Å². The van der Waals surface area contributed by atoms with Gasteiger partial charge >= 0.3 is 0 Å². The summed E-state index contributed by atoms with van der Waals surface area (Å²) in [5.41, 5.74) is -1.42. The van der Waals surface area contributed by atoms with Crippen LogP contribution in [0.2, 0.25) is 5.02 Å². The van der Waals surface area contributed by atoms with Crippen molar-refractivity contribution in [3.63, 3.8) is 0 Å². The SMILES string of the molecule is [B]C([B])(CC([B])(O)c1ccc(Cl)cc1)NC(C)(C)C. The first-order chi connectivity index (χ1) is 8.41. The maximum Gasteiger partial charge on any atom is 0.120 e. The van der Waals surface area contributed by atoms with Crippen LogP contribution in [0.15, 0.2) is 24.3 Å². The molecule has 1 aromatic rings. The molecular weight excluding hydrogens is 254 g/mol. The summed E-state index contributed by atoms with van der Waals surface area (Å²) in [6.45, 7) is 5.79. The van der Waals surface area contributed by atoms with E-state index < -0.39 is 10.8 Å². The van der Waals surface area contributed by atoms with Crippen molar-refractivity contribution in [1.82, 2.24) is 5.32 Å². The highest BCUT2D eigenvalue weighted by molar-refractivity contribution is 6.40. The van der Waals surface area contributed by atoms with Crippen molar-refractivity contribution in [1.29, 1.82) is 0 Å². The second-order valence-electron chi connectivity index (χ2n) is 6.02. The van der Waals surface area contributed by atoms with E-state index in [-0.39, 0.29) is 12.0 Å². The summed E-state index contributed by atoms with van der Waals surface area (Å²) in [5.74, 6) is 0. The number of nitrogens with one attached hydrogen (secondary N) is 1. The van der Waals surface area contributed by atoms with E-state index in [0.717, 1.165) is 0 Å². The molecule has 19 heavy (non-hydrogen) atoms. The van der Waals surface area contributed by atoms with Crippen LogP contribution in [-0.4, -0.2) is 39.5 Å². The van der Waals surface area contributed by atoms with Gasteiger partial charge in [0, 0.05) is 16.1 Å². The van der Waals surface area contributed by atoms with Crippen molar-refractivity contribution in [2.45, 2.75) is 43.6 Å². The zero-order chi connectivity index (χ0) is 14.9. The summed E-state index contributed by atoms with van der Waals surface area (Å²) in [4.78, 5) is 0. The van der Waals surface area contributed by atoms with Crippen LogP contribution in [0.1, 0.15) is 32.8 Å². The molecule has 0 bridgehead atoms. The van der Waals surface area contributed by atoms with E-state index in [1.54, 1.807) is 24.3 Å². The van der Waals surface area contributed by atoms with E-state index >= 15 is 0 Å². The molecule has 0 heterocycles. The van der Waals surface area contributed by atoms with Crippen molar-refractivity contribution in [3.05, 3.63) is 34.9 Å². The molecule has 2 N–H and O–H groups in total. The molecule has 1 unspecified atom stereocenters. The lowest BCUT2D eigenvalue weighted by molar-refractivity contribution is 0.104. The molecule has 0 aliphatic rings. The Morgan fingerprint density at radius 1 is 1.11 bits per heavy atom. The first-order valence-electron chi connectivity index (χ1n) is 6.06. The van der Waals surface area contributed by atoms with Crippen LogP contribution >= 0.6 is 11.6 Å². The van der Waals surface area contributed by atoms with E-state index in [0.29, 0.717) is 10.6 Å². The molecule has 0 fully saturated rings. The smallest absolute Gasteiger partial charge is 0.120 e. The first kappa shape index (κ1) is 16.7. The fourth-order valence-corrected chi connectivity index (χ4v) is 2.15. The molecule has 6 radical (unpaired) electrons. The first-order valence-corrected chi connectivity index (χ1v) is 6.44. The van der Waals surface area contributed by atoms with Crippen LogP contribution in [0.4, 0.5) is 0 Å². The van der Waals surface area contributed by atoms with Gasteiger partial charge in [-0.1, -0.05) is 29.1 Å². The number of hydrogen-bond acceptors (Lipinski definition) is 2. The Kier molecular flexibility index (Phi) is 4.87. The molecule has 0 aromatic heterocycles. The molecule has 0 spiro atoms. The average Bonchev–Trinajstić information content (AvgIpc) is 2.11. The van der Waals surface area contributed by atoms with Gasteiger partial charge in [0.05, 0.1) is 15.7 Å². The molecule has 0 aliphatic heterocycles. The van der Waals surface area contributed by atoms with Gasteiger partial charge in [-0.2, -0.15) is 0 Å².